The van der Waals surface area contributed by atoms with E-state index in [0.29, 0.717) is 30.7 Å². The summed E-state index contributed by atoms with van der Waals surface area (Å²) in [6.45, 7) is 12.6. The van der Waals surface area contributed by atoms with Crippen LogP contribution in [0.25, 0.3) is 17.2 Å². The predicted octanol–water partition coefficient (Wildman–Crippen LogP) is 4.89. The molecule has 1 aliphatic carbocycles. The van der Waals surface area contributed by atoms with Gasteiger partial charge in [-0.1, -0.05) is 39.0 Å². The van der Waals surface area contributed by atoms with Crippen molar-refractivity contribution < 1.29 is 33.4 Å². The number of nitrogens with one attached hydrogen (secondary N) is 2. The van der Waals surface area contributed by atoms with E-state index in [1.54, 1.807) is 18.2 Å². The summed E-state index contributed by atoms with van der Waals surface area (Å²) >= 11 is 0. The van der Waals surface area contributed by atoms with Gasteiger partial charge in [0, 0.05) is 24.6 Å². The van der Waals surface area contributed by atoms with Gasteiger partial charge in [0.2, 0.25) is 6.29 Å². The number of nitrogens with zero attached hydrogens (tertiary/aromatic N) is 1. The van der Waals surface area contributed by atoms with Gasteiger partial charge in [-0.2, -0.15) is 0 Å². The van der Waals surface area contributed by atoms with Crippen LogP contribution in [0.3, 0.4) is 0 Å². The molecular weight excluding hydrogens is 526 g/mol. The molecule has 1 fully saturated rings. The quantitative estimate of drug-likeness (QED) is 0.199. The van der Waals surface area contributed by atoms with E-state index in [1.807, 2.05) is 20.8 Å². The highest BCUT2D eigenvalue weighted by Crippen LogP contribution is 2.30. The molecule has 0 radical (unpaired) electrons. The number of carbonyl (C=O) groups excluding carboxylic acids is 5. The van der Waals surface area contributed by atoms with E-state index in [9.17, 15) is 24.0 Å². The summed E-state index contributed by atoms with van der Waals surface area (Å²) in [6.07, 6.45) is 2.75. The number of hydrogen-bond acceptors (Lipinski definition) is 8. The van der Waals surface area contributed by atoms with E-state index in [1.165, 1.54) is 26.0 Å². The van der Waals surface area contributed by atoms with Gasteiger partial charge in [-0.3, -0.25) is 14.4 Å². The maximum atomic E-state index is 13.4. The number of aryl methyl sites for hydroxylation is 1. The maximum absolute atomic E-state index is 13.4. The van der Waals surface area contributed by atoms with Crippen molar-refractivity contribution in [2.75, 3.05) is 6.54 Å². The van der Waals surface area contributed by atoms with Crippen molar-refractivity contribution in [3.63, 3.8) is 0 Å². The van der Waals surface area contributed by atoms with Crippen LogP contribution in [-0.2, 0) is 14.3 Å². The lowest BCUT2D eigenvalue weighted by atomic mass is 9.93. The fraction of sp³-hybridized carbons (Fsp3) is 0.419. The summed E-state index contributed by atoms with van der Waals surface area (Å²) in [5.41, 5.74) is 2.29. The molecule has 1 aromatic carbocycles. The number of alkyl carbamates (subject to hydrolysis) is 1. The summed E-state index contributed by atoms with van der Waals surface area (Å²) in [5, 5.41) is 5.33. The minimum Gasteiger partial charge on any atom is -0.421 e. The van der Waals surface area contributed by atoms with E-state index in [4.69, 9.17) is 9.47 Å². The predicted molar refractivity (Wildman–Crippen MR) is 153 cm³/mol. The molecule has 41 heavy (non-hydrogen) atoms. The third-order valence-electron chi connectivity index (χ3n) is 7.12. The number of amides is 2. The molecule has 2 amide bonds. The van der Waals surface area contributed by atoms with E-state index in [2.05, 4.69) is 22.2 Å². The Morgan fingerprint density at radius 3 is 2.39 bits per heavy atom. The van der Waals surface area contributed by atoms with E-state index in [-0.39, 0.29) is 34.2 Å². The largest absolute Gasteiger partial charge is 0.421 e. The number of carbonyl (C=O) groups is 5. The van der Waals surface area contributed by atoms with E-state index in [0.717, 1.165) is 24.0 Å². The molecule has 10 heteroatoms. The van der Waals surface area contributed by atoms with Gasteiger partial charge >= 0.3 is 12.1 Å². The second-order valence-corrected chi connectivity index (χ2v) is 10.4. The molecule has 1 aliphatic rings. The van der Waals surface area contributed by atoms with Crippen LogP contribution in [0.1, 0.15) is 89.4 Å². The second kappa shape index (κ2) is 13.8. The highest BCUT2D eigenvalue weighted by molar-refractivity contribution is 6.01. The van der Waals surface area contributed by atoms with Gasteiger partial charge in [-0.25, -0.2) is 14.6 Å². The smallest absolute Gasteiger partial charge is 0.410 e. The Morgan fingerprint density at radius 1 is 1.10 bits per heavy atom. The molecule has 1 heterocycles. The van der Waals surface area contributed by atoms with Crippen molar-refractivity contribution in [2.24, 2.45) is 11.8 Å². The van der Waals surface area contributed by atoms with Crippen LogP contribution in [0.2, 0.25) is 0 Å². The molecule has 1 aromatic heterocycles. The van der Waals surface area contributed by atoms with Crippen molar-refractivity contribution in [1.82, 2.24) is 15.6 Å². The Bertz CT molecular complexity index is 1350. The lowest BCUT2D eigenvalue weighted by Gasteiger charge is -2.22. The number of aromatic nitrogens is 1. The molecule has 1 unspecified atom stereocenters. The van der Waals surface area contributed by atoms with Crippen molar-refractivity contribution in [3.05, 3.63) is 58.9 Å². The third kappa shape index (κ3) is 8.09. The van der Waals surface area contributed by atoms with Crippen LogP contribution in [0.5, 0.6) is 0 Å². The van der Waals surface area contributed by atoms with E-state index >= 15 is 0 Å². The molecule has 3 atom stereocenters. The lowest BCUT2D eigenvalue weighted by Crippen LogP contribution is -2.45. The SMILES string of the molecule is C=Cc1cc(C=O)c(-c2ccc(C(=O)NCC3CC3)nc2C(=O)OC(C)OC(=O)N[C@H](C(C)=O)[C@@H](C)CC)cc1C. The lowest BCUT2D eigenvalue weighted by molar-refractivity contribution is -0.120. The zero-order valence-electron chi connectivity index (χ0n) is 24.1. The van der Waals surface area contributed by atoms with Crippen LogP contribution in [-0.4, -0.2) is 53.9 Å². The zero-order valence-corrected chi connectivity index (χ0v) is 24.1. The van der Waals surface area contributed by atoms with Crippen LogP contribution in [0, 0.1) is 18.8 Å². The van der Waals surface area contributed by atoms with Gasteiger partial charge in [0.05, 0.1) is 6.04 Å². The first-order chi connectivity index (χ1) is 19.5. The fourth-order valence-electron chi connectivity index (χ4n) is 4.32. The van der Waals surface area contributed by atoms with Gasteiger partial charge in [0.15, 0.2) is 17.8 Å². The molecule has 0 spiro atoms. The highest BCUT2D eigenvalue weighted by atomic mass is 16.7. The number of ether oxygens (including phenoxy) is 2. The molecule has 10 nitrogen and oxygen atoms in total. The monoisotopic (exact) mass is 563 g/mol. The number of pyridine rings is 1. The zero-order chi connectivity index (χ0) is 30.3. The second-order valence-electron chi connectivity index (χ2n) is 10.4. The first-order valence-corrected chi connectivity index (χ1v) is 13.7. The van der Waals surface area contributed by atoms with Crippen LogP contribution in [0.15, 0.2) is 30.8 Å². The molecule has 3 rings (SSSR count). The molecule has 0 saturated heterocycles. The number of aldehydes is 1. The topological polar surface area (TPSA) is 141 Å². The normalized spacial score (nSPS) is 14.7. The third-order valence-corrected chi connectivity index (χ3v) is 7.12. The minimum absolute atomic E-state index is 0.00222. The maximum Gasteiger partial charge on any atom is 0.410 e. The first kappa shape index (κ1) is 31.2. The average Bonchev–Trinajstić information content (AvgIpc) is 3.78. The fourth-order valence-corrected chi connectivity index (χ4v) is 4.32. The van der Waals surface area contributed by atoms with Crippen molar-refractivity contribution in [2.45, 2.75) is 66.2 Å². The summed E-state index contributed by atoms with van der Waals surface area (Å²) in [6, 6.07) is 5.63. The molecule has 2 N–H and O–H groups in total. The van der Waals surface area contributed by atoms with Crippen LogP contribution < -0.4 is 10.6 Å². The number of Topliss-reactive ketones (excluding diaryl/α,β-unsaturated/α-hetero) is 1. The Morgan fingerprint density at radius 2 is 1.80 bits per heavy atom. The molecule has 0 aliphatic heterocycles. The first-order valence-electron chi connectivity index (χ1n) is 13.7. The number of rotatable bonds is 13. The molecule has 1 saturated carbocycles. The molecule has 0 bridgehead atoms. The standard InChI is InChI=1S/C31H37N3O7/c1-7-17(3)27(19(5)36)34-31(39)41-20(6)40-30(38)28-24(25-13-18(4)22(8-2)14-23(25)16-35)11-12-26(33-28)29(37)32-15-21-9-10-21/h8,11-14,16-17,20-21,27H,2,7,9-10,15H2,1,3-6H3,(H,32,37)(H,34,39)/t17-,20?,27-/m0/s1. The van der Waals surface area contributed by atoms with Gasteiger partial charge in [-0.05, 0) is 73.4 Å². The highest BCUT2D eigenvalue weighted by Gasteiger charge is 2.28. The summed E-state index contributed by atoms with van der Waals surface area (Å²) in [7, 11) is 0. The van der Waals surface area contributed by atoms with E-state index < -0.39 is 30.3 Å². The Balaban J connectivity index is 1.90. The van der Waals surface area contributed by atoms with Crippen LogP contribution in [0.4, 0.5) is 4.79 Å². The number of hydrogen-bond donors (Lipinski definition) is 2. The van der Waals surface area contributed by atoms with Crippen LogP contribution >= 0.6 is 0 Å². The Hall–Kier alpha value is -4.34. The van der Waals surface area contributed by atoms with Gasteiger partial charge in [0.1, 0.15) is 5.69 Å². The molecule has 2 aromatic rings. The van der Waals surface area contributed by atoms with Gasteiger partial charge < -0.3 is 20.1 Å². The number of esters is 1. The summed E-state index contributed by atoms with van der Waals surface area (Å²) in [5.74, 6) is -1.33. The average molecular weight is 564 g/mol. The molecule has 218 valence electrons. The van der Waals surface area contributed by atoms with Gasteiger partial charge in [0.25, 0.3) is 5.91 Å². The van der Waals surface area contributed by atoms with Gasteiger partial charge in [-0.15, -0.1) is 0 Å². The summed E-state index contributed by atoms with van der Waals surface area (Å²) in [4.78, 5) is 66.9. The van der Waals surface area contributed by atoms with Crippen molar-refractivity contribution in [1.29, 1.82) is 0 Å². The van der Waals surface area contributed by atoms with Crippen molar-refractivity contribution >= 4 is 36.1 Å². The number of benzene rings is 1. The van der Waals surface area contributed by atoms with Crippen molar-refractivity contribution in [3.8, 4) is 11.1 Å². The summed E-state index contributed by atoms with van der Waals surface area (Å²) < 4.78 is 10.6. The Kier molecular flexibility index (Phi) is 10.5. The molecular formula is C31H37N3O7. The minimum atomic E-state index is -1.36. The Labute approximate surface area is 239 Å². The number of ketones is 1.